The summed E-state index contributed by atoms with van der Waals surface area (Å²) in [5.41, 5.74) is 6.93. The molecule has 0 aliphatic heterocycles. The van der Waals surface area contributed by atoms with Gasteiger partial charge in [0.2, 0.25) is 0 Å². The SMILES string of the molecule is CC(C)c1cc(C(CCS)CCCC(CCS)c2cc(C(C)C)c(O)c(C(C)C)c2)cc(C(C)C)c1O. The van der Waals surface area contributed by atoms with Gasteiger partial charge in [0.25, 0.3) is 0 Å². The standard InChI is InChI=1S/C33H52O2S2/c1-20(2)28-16-26(17-29(21(3)4)32(28)34)24(12-14-36)10-9-11-25(13-15-37)27-18-30(22(5)6)33(35)31(19-27)23(7)8/h16-25,34-37H,9-15H2,1-8H3. The Bertz CT molecular complexity index is 856. The van der Waals surface area contributed by atoms with Crippen LogP contribution in [0.1, 0.15) is 156 Å². The number of phenolic OH excluding ortho intramolecular Hbond substituents is 2. The Labute approximate surface area is 238 Å². The van der Waals surface area contributed by atoms with Gasteiger partial charge in [-0.2, -0.15) is 25.3 Å². The number of hydrogen-bond acceptors (Lipinski definition) is 4. The van der Waals surface area contributed by atoms with Crippen molar-refractivity contribution in [2.75, 3.05) is 11.5 Å². The number of phenols is 2. The summed E-state index contributed by atoms with van der Waals surface area (Å²) in [5, 5.41) is 21.8. The predicted octanol–water partition coefficient (Wildman–Crippen LogP) is 10.3. The van der Waals surface area contributed by atoms with Crippen LogP contribution in [0.5, 0.6) is 11.5 Å². The average molecular weight is 545 g/mol. The summed E-state index contributed by atoms with van der Waals surface area (Å²) in [7, 11) is 0. The van der Waals surface area contributed by atoms with Gasteiger partial charge in [-0.1, -0.05) is 86.1 Å². The van der Waals surface area contributed by atoms with Crippen LogP contribution >= 0.6 is 25.3 Å². The molecule has 2 aromatic carbocycles. The van der Waals surface area contributed by atoms with Crippen LogP contribution in [0.2, 0.25) is 0 Å². The van der Waals surface area contributed by atoms with Crippen LogP contribution in [0.15, 0.2) is 24.3 Å². The summed E-state index contributed by atoms with van der Waals surface area (Å²) < 4.78 is 0. The monoisotopic (exact) mass is 544 g/mol. The highest BCUT2D eigenvalue weighted by atomic mass is 32.1. The molecular weight excluding hydrogens is 492 g/mol. The minimum absolute atomic E-state index is 0.286. The Morgan fingerprint density at radius 1 is 0.514 bits per heavy atom. The molecule has 0 spiro atoms. The second-order valence-electron chi connectivity index (χ2n) is 12.1. The van der Waals surface area contributed by atoms with Gasteiger partial charge in [-0.05, 0) is 106 Å². The summed E-state index contributed by atoms with van der Waals surface area (Å²) in [6, 6.07) is 8.98. The van der Waals surface area contributed by atoms with E-state index in [0.717, 1.165) is 65.9 Å². The van der Waals surface area contributed by atoms with Crippen molar-refractivity contribution >= 4 is 25.3 Å². The molecule has 0 saturated carbocycles. The lowest BCUT2D eigenvalue weighted by Gasteiger charge is -2.25. The first kappa shape index (κ1) is 32.0. The van der Waals surface area contributed by atoms with Crippen molar-refractivity contribution in [3.63, 3.8) is 0 Å². The summed E-state index contributed by atoms with van der Waals surface area (Å²) in [6.07, 6.45) is 5.41. The van der Waals surface area contributed by atoms with Crippen LogP contribution in [0, 0.1) is 0 Å². The Hall–Kier alpha value is -1.26. The molecule has 4 heteroatoms. The Balaban J connectivity index is 2.33. The molecule has 2 unspecified atom stereocenters. The van der Waals surface area contributed by atoms with Gasteiger partial charge in [0.1, 0.15) is 11.5 Å². The molecule has 2 N–H and O–H groups in total. The molecule has 2 nitrogen and oxygen atoms in total. The van der Waals surface area contributed by atoms with Crippen molar-refractivity contribution in [2.45, 2.75) is 123 Å². The first-order valence-electron chi connectivity index (χ1n) is 14.4. The average Bonchev–Trinajstić information content (AvgIpc) is 2.82. The fourth-order valence-corrected chi connectivity index (χ4v) is 6.14. The van der Waals surface area contributed by atoms with E-state index in [-0.39, 0.29) is 23.7 Å². The molecule has 2 aromatic rings. The van der Waals surface area contributed by atoms with Gasteiger partial charge < -0.3 is 10.2 Å². The van der Waals surface area contributed by atoms with E-state index in [4.69, 9.17) is 0 Å². The van der Waals surface area contributed by atoms with E-state index in [9.17, 15) is 10.2 Å². The van der Waals surface area contributed by atoms with Gasteiger partial charge in [0, 0.05) is 0 Å². The van der Waals surface area contributed by atoms with Crippen molar-refractivity contribution < 1.29 is 10.2 Å². The Morgan fingerprint density at radius 3 is 1.00 bits per heavy atom. The smallest absolute Gasteiger partial charge is 0.122 e. The predicted molar refractivity (Wildman–Crippen MR) is 169 cm³/mol. The second-order valence-corrected chi connectivity index (χ2v) is 13.0. The molecule has 0 bridgehead atoms. The lowest BCUT2D eigenvalue weighted by atomic mass is 9.82. The highest BCUT2D eigenvalue weighted by molar-refractivity contribution is 7.80. The molecule has 2 atom stereocenters. The van der Waals surface area contributed by atoms with E-state index in [1.165, 1.54) is 11.1 Å². The zero-order chi connectivity index (χ0) is 27.9. The van der Waals surface area contributed by atoms with Crippen LogP contribution in [0.25, 0.3) is 0 Å². The molecule has 0 saturated heterocycles. The second kappa shape index (κ2) is 14.8. The molecule has 0 fully saturated rings. The third kappa shape index (κ3) is 8.36. The van der Waals surface area contributed by atoms with Gasteiger partial charge in [0.05, 0.1) is 0 Å². The molecule has 0 aromatic heterocycles. The number of hydrogen-bond donors (Lipinski definition) is 4. The number of rotatable bonds is 14. The maximum Gasteiger partial charge on any atom is 0.122 e. The van der Waals surface area contributed by atoms with E-state index in [1.807, 2.05) is 0 Å². The Morgan fingerprint density at radius 2 is 0.784 bits per heavy atom. The third-order valence-corrected chi connectivity index (χ3v) is 8.39. The van der Waals surface area contributed by atoms with Gasteiger partial charge >= 0.3 is 0 Å². The molecule has 0 amide bonds. The zero-order valence-electron chi connectivity index (χ0n) is 24.5. The summed E-state index contributed by atoms with van der Waals surface area (Å²) in [6.45, 7) is 17.3. The Kier molecular flexibility index (Phi) is 12.8. The largest absolute Gasteiger partial charge is 0.507 e. The van der Waals surface area contributed by atoms with Gasteiger partial charge in [0.15, 0.2) is 0 Å². The summed E-state index contributed by atoms with van der Waals surface area (Å²) in [5.74, 6) is 4.66. The minimum Gasteiger partial charge on any atom is -0.507 e. The summed E-state index contributed by atoms with van der Waals surface area (Å²) >= 11 is 9.21. The van der Waals surface area contributed by atoms with E-state index in [1.54, 1.807) is 0 Å². The number of benzene rings is 2. The van der Waals surface area contributed by atoms with Crippen molar-refractivity contribution in [1.82, 2.24) is 0 Å². The van der Waals surface area contributed by atoms with Crippen molar-refractivity contribution in [1.29, 1.82) is 0 Å². The molecule has 208 valence electrons. The highest BCUT2D eigenvalue weighted by Gasteiger charge is 2.22. The molecule has 0 radical (unpaired) electrons. The fraction of sp³-hybridized carbons (Fsp3) is 0.636. The quantitative estimate of drug-likeness (QED) is 0.179. The number of aromatic hydroxyl groups is 2. The van der Waals surface area contributed by atoms with Crippen LogP contribution < -0.4 is 0 Å². The lowest BCUT2D eigenvalue weighted by molar-refractivity contribution is 0.452. The summed E-state index contributed by atoms with van der Waals surface area (Å²) in [4.78, 5) is 0. The minimum atomic E-state index is 0.286. The van der Waals surface area contributed by atoms with Gasteiger partial charge in [-0.15, -0.1) is 0 Å². The van der Waals surface area contributed by atoms with Gasteiger partial charge in [-0.3, -0.25) is 0 Å². The third-order valence-electron chi connectivity index (χ3n) is 7.87. The van der Waals surface area contributed by atoms with Crippen molar-refractivity contribution in [3.05, 3.63) is 57.6 Å². The first-order chi connectivity index (χ1) is 17.4. The topological polar surface area (TPSA) is 40.5 Å². The highest BCUT2D eigenvalue weighted by Crippen LogP contribution is 2.41. The molecule has 0 heterocycles. The number of thiol groups is 2. The molecular formula is C33H52O2S2. The zero-order valence-corrected chi connectivity index (χ0v) is 26.3. The van der Waals surface area contributed by atoms with E-state index in [0.29, 0.717) is 23.3 Å². The lowest BCUT2D eigenvalue weighted by Crippen LogP contribution is -2.08. The maximum absolute atomic E-state index is 10.9. The van der Waals surface area contributed by atoms with Crippen LogP contribution in [0.4, 0.5) is 0 Å². The molecule has 2 rings (SSSR count). The molecule has 37 heavy (non-hydrogen) atoms. The normalized spacial score (nSPS) is 13.8. The van der Waals surface area contributed by atoms with E-state index < -0.39 is 0 Å². The fourth-order valence-electron chi connectivity index (χ4n) is 5.52. The van der Waals surface area contributed by atoms with E-state index >= 15 is 0 Å². The van der Waals surface area contributed by atoms with Crippen molar-refractivity contribution in [2.24, 2.45) is 0 Å². The van der Waals surface area contributed by atoms with Crippen molar-refractivity contribution in [3.8, 4) is 11.5 Å². The molecule has 0 aliphatic carbocycles. The van der Waals surface area contributed by atoms with Crippen LogP contribution in [0.3, 0.4) is 0 Å². The van der Waals surface area contributed by atoms with E-state index in [2.05, 4.69) is 105 Å². The van der Waals surface area contributed by atoms with Gasteiger partial charge in [-0.25, -0.2) is 0 Å². The van der Waals surface area contributed by atoms with Crippen LogP contribution in [-0.2, 0) is 0 Å². The van der Waals surface area contributed by atoms with Crippen LogP contribution in [-0.4, -0.2) is 21.7 Å². The first-order valence-corrected chi connectivity index (χ1v) is 15.6. The molecule has 0 aliphatic rings. The maximum atomic E-state index is 10.9.